The third-order valence-electron chi connectivity index (χ3n) is 5.14. The van der Waals surface area contributed by atoms with E-state index in [0.29, 0.717) is 29.8 Å². The first-order chi connectivity index (χ1) is 12.9. The van der Waals surface area contributed by atoms with Gasteiger partial charge in [0, 0.05) is 19.7 Å². The molecule has 1 aliphatic rings. The van der Waals surface area contributed by atoms with E-state index in [1.807, 2.05) is 0 Å². The summed E-state index contributed by atoms with van der Waals surface area (Å²) in [5.74, 6) is -0.185. The average Bonchev–Trinajstić information content (AvgIpc) is 2.61. The number of hydrogen-bond acceptors (Lipinski definition) is 3. The number of anilines is 1. The second-order valence-electron chi connectivity index (χ2n) is 7.01. The quantitative estimate of drug-likeness (QED) is 0.875. The number of carbonyl (C=O) groups excluding carboxylic acids is 2. The van der Waals surface area contributed by atoms with Crippen molar-refractivity contribution in [3.8, 4) is 5.75 Å². The van der Waals surface area contributed by atoms with E-state index >= 15 is 0 Å². The maximum Gasteiger partial charge on any atom is 0.253 e. The Morgan fingerprint density at radius 3 is 2.30 bits per heavy atom. The fraction of sp³-hybridized carbons (Fsp3) is 0.333. The van der Waals surface area contributed by atoms with Gasteiger partial charge in [0.15, 0.2) is 0 Å². The van der Waals surface area contributed by atoms with Gasteiger partial charge in [0.2, 0.25) is 5.91 Å². The zero-order chi connectivity index (χ0) is 19.6. The molecule has 0 radical (unpaired) electrons. The van der Waals surface area contributed by atoms with Crippen LogP contribution in [0.5, 0.6) is 5.75 Å². The molecule has 3 rings (SSSR count). The number of rotatable bonds is 5. The molecule has 2 amide bonds. The summed E-state index contributed by atoms with van der Waals surface area (Å²) in [5, 5.41) is 2.92. The summed E-state index contributed by atoms with van der Waals surface area (Å²) in [6, 6.07) is 11.0. The van der Waals surface area contributed by atoms with E-state index in [1.165, 1.54) is 24.1 Å². The van der Waals surface area contributed by atoms with Crippen molar-refractivity contribution in [3.63, 3.8) is 0 Å². The lowest BCUT2D eigenvalue weighted by molar-refractivity contribution is -0.124. The molecular weight excluding hydrogens is 347 g/mol. The number of methoxy groups -OCH3 is 1. The molecule has 1 N–H and O–H groups in total. The highest BCUT2D eigenvalue weighted by atomic mass is 19.1. The Morgan fingerprint density at radius 2 is 1.78 bits per heavy atom. The average molecular weight is 370 g/mol. The van der Waals surface area contributed by atoms with Crippen molar-refractivity contribution in [1.82, 2.24) is 4.90 Å². The third-order valence-corrected chi connectivity index (χ3v) is 5.14. The first kappa shape index (κ1) is 18.9. The second kappa shape index (κ2) is 7.39. The number of benzene rings is 2. The molecule has 0 heterocycles. The maximum atomic E-state index is 13.3. The lowest BCUT2D eigenvalue weighted by atomic mass is 9.63. The van der Waals surface area contributed by atoms with Crippen LogP contribution in [0.4, 0.5) is 10.1 Å². The molecule has 2 aromatic carbocycles. The smallest absolute Gasteiger partial charge is 0.253 e. The van der Waals surface area contributed by atoms with E-state index in [4.69, 9.17) is 4.74 Å². The van der Waals surface area contributed by atoms with Crippen LogP contribution >= 0.6 is 0 Å². The van der Waals surface area contributed by atoms with Crippen LogP contribution in [0.3, 0.4) is 0 Å². The largest absolute Gasteiger partial charge is 0.495 e. The number of halogens is 1. The molecule has 1 saturated carbocycles. The standard InChI is InChI=1S/C21H23FN2O3/c1-24(2)19(25)14-5-10-18(27-3)17(13-14)23-20(26)21(11-4-12-21)15-6-8-16(22)9-7-15/h5-10,13H,4,11-12H2,1-3H3,(H,23,26). The van der Waals surface area contributed by atoms with Crippen LogP contribution in [0.15, 0.2) is 42.5 Å². The Labute approximate surface area is 158 Å². The van der Waals surface area contributed by atoms with E-state index in [9.17, 15) is 14.0 Å². The van der Waals surface area contributed by atoms with Gasteiger partial charge in [-0.1, -0.05) is 18.6 Å². The molecule has 0 aromatic heterocycles. The number of carbonyl (C=O) groups is 2. The highest BCUT2D eigenvalue weighted by Crippen LogP contribution is 2.45. The number of nitrogens with zero attached hydrogens (tertiary/aromatic N) is 1. The zero-order valence-electron chi connectivity index (χ0n) is 15.7. The van der Waals surface area contributed by atoms with Crippen LogP contribution in [-0.4, -0.2) is 37.9 Å². The first-order valence-corrected chi connectivity index (χ1v) is 8.84. The molecule has 2 aromatic rings. The van der Waals surface area contributed by atoms with Gasteiger partial charge in [-0.3, -0.25) is 9.59 Å². The Hall–Kier alpha value is -2.89. The number of hydrogen-bond donors (Lipinski definition) is 1. The molecule has 1 fully saturated rings. The molecule has 0 unspecified atom stereocenters. The van der Waals surface area contributed by atoms with Crippen molar-refractivity contribution in [2.75, 3.05) is 26.5 Å². The predicted octanol–water partition coefficient (Wildman–Crippen LogP) is 3.60. The molecule has 5 nitrogen and oxygen atoms in total. The van der Waals surface area contributed by atoms with E-state index in [1.54, 1.807) is 44.4 Å². The summed E-state index contributed by atoms with van der Waals surface area (Å²) in [4.78, 5) is 26.8. The van der Waals surface area contributed by atoms with Gasteiger partial charge in [-0.2, -0.15) is 0 Å². The number of amides is 2. The van der Waals surface area contributed by atoms with Crippen LogP contribution in [-0.2, 0) is 10.2 Å². The van der Waals surface area contributed by atoms with Crippen LogP contribution in [0.1, 0.15) is 35.2 Å². The van der Waals surface area contributed by atoms with Crippen molar-refractivity contribution in [3.05, 3.63) is 59.4 Å². The van der Waals surface area contributed by atoms with Crippen molar-refractivity contribution in [1.29, 1.82) is 0 Å². The highest BCUT2D eigenvalue weighted by Gasteiger charge is 2.45. The Balaban J connectivity index is 1.91. The van der Waals surface area contributed by atoms with Gasteiger partial charge in [0.25, 0.3) is 5.91 Å². The van der Waals surface area contributed by atoms with E-state index in [0.717, 1.165) is 12.0 Å². The molecule has 27 heavy (non-hydrogen) atoms. The molecule has 0 spiro atoms. The molecule has 0 bridgehead atoms. The maximum absolute atomic E-state index is 13.3. The van der Waals surface area contributed by atoms with Gasteiger partial charge < -0.3 is 15.0 Å². The summed E-state index contributed by atoms with van der Waals surface area (Å²) >= 11 is 0. The summed E-state index contributed by atoms with van der Waals surface area (Å²) in [6.45, 7) is 0. The van der Waals surface area contributed by atoms with Crippen LogP contribution in [0.25, 0.3) is 0 Å². The van der Waals surface area contributed by atoms with Crippen molar-refractivity contribution >= 4 is 17.5 Å². The van der Waals surface area contributed by atoms with E-state index in [-0.39, 0.29) is 17.6 Å². The van der Waals surface area contributed by atoms with Gasteiger partial charge in [-0.15, -0.1) is 0 Å². The third kappa shape index (κ3) is 3.52. The monoisotopic (exact) mass is 370 g/mol. The van der Waals surface area contributed by atoms with Crippen molar-refractivity contribution < 1.29 is 18.7 Å². The van der Waals surface area contributed by atoms with Crippen LogP contribution < -0.4 is 10.1 Å². The zero-order valence-corrected chi connectivity index (χ0v) is 15.7. The van der Waals surface area contributed by atoms with Gasteiger partial charge >= 0.3 is 0 Å². The lowest BCUT2D eigenvalue weighted by Crippen LogP contribution is -2.46. The fourth-order valence-corrected chi connectivity index (χ4v) is 3.38. The Kier molecular flexibility index (Phi) is 5.17. The van der Waals surface area contributed by atoms with Gasteiger partial charge in [0.05, 0.1) is 18.2 Å². The molecular formula is C21H23FN2O3. The summed E-state index contributed by atoms with van der Waals surface area (Å²) in [7, 11) is 4.85. The number of ether oxygens (including phenoxy) is 1. The topological polar surface area (TPSA) is 58.6 Å². The predicted molar refractivity (Wildman–Crippen MR) is 102 cm³/mol. The SMILES string of the molecule is COc1ccc(C(=O)N(C)C)cc1NC(=O)C1(c2ccc(F)cc2)CCC1. The molecule has 1 aliphatic carbocycles. The Morgan fingerprint density at radius 1 is 1.11 bits per heavy atom. The summed E-state index contributed by atoms with van der Waals surface area (Å²) in [5.41, 5.74) is 1.02. The lowest BCUT2D eigenvalue weighted by Gasteiger charge is -2.40. The van der Waals surface area contributed by atoms with Gasteiger partial charge in [0.1, 0.15) is 11.6 Å². The Bertz CT molecular complexity index is 858. The van der Waals surface area contributed by atoms with Crippen LogP contribution in [0, 0.1) is 5.82 Å². The van der Waals surface area contributed by atoms with Crippen LogP contribution in [0.2, 0.25) is 0 Å². The van der Waals surface area contributed by atoms with Crippen molar-refractivity contribution in [2.45, 2.75) is 24.7 Å². The first-order valence-electron chi connectivity index (χ1n) is 8.84. The molecule has 0 saturated heterocycles. The molecule has 6 heteroatoms. The molecule has 0 aliphatic heterocycles. The summed E-state index contributed by atoms with van der Waals surface area (Å²) in [6.07, 6.45) is 2.33. The minimum atomic E-state index is -0.680. The normalized spacial score (nSPS) is 14.8. The highest BCUT2D eigenvalue weighted by molar-refractivity contribution is 6.02. The molecule has 0 atom stereocenters. The minimum absolute atomic E-state index is 0.162. The van der Waals surface area contributed by atoms with Gasteiger partial charge in [-0.05, 0) is 48.7 Å². The molecule has 142 valence electrons. The van der Waals surface area contributed by atoms with E-state index < -0.39 is 5.41 Å². The summed E-state index contributed by atoms with van der Waals surface area (Å²) < 4.78 is 18.6. The van der Waals surface area contributed by atoms with Gasteiger partial charge in [-0.25, -0.2) is 4.39 Å². The second-order valence-corrected chi connectivity index (χ2v) is 7.01. The van der Waals surface area contributed by atoms with Crippen molar-refractivity contribution in [2.24, 2.45) is 0 Å². The van der Waals surface area contributed by atoms with E-state index in [2.05, 4.69) is 5.32 Å². The number of nitrogens with one attached hydrogen (secondary N) is 1. The minimum Gasteiger partial charge on any atom is -0.495 e. The fourth-order valence-electron chi connectivity index (χ4n) is 3.38.